The highest BCUT2D eigenvalue weighted by atomic mass is 32.1. The molecular weight excluding hydrogens is 206 g/mol. The fraction of sp³-hybridized carbons (Fsp3) is 0.667. The van der Waals surface area contributed by atoms with Crippen LogP contribution in [0.2, 0.25) is 0 Å². The van der Waals surface area contributed by atoms with Crippen LogP contribution < -0.4 is 0 Å². The third-order valence-electron chi connectivity index (χ3n) is 3.37. The van der Waals surface area contributed by atoms with Crippen molar-refractivity contribution >= 4 is 17.6 Å². The van der Waals surface area contributed by atoms with E-state index in [0.717, 1.165) is 17.1 Å². The first-order chi connectivity index (χ1) is 7.33. The van der Waals surface area contributed by atoms with Gasteiger partial charge in [-0.2, -0.15) is 0 Å². The van der Waals surface area contributed by atoms with Crippen LogP contribution in [-0.4, -0.2) is 11.3 Å². The summed E-state index contributed by atoms with van der Waals surface area (Å²) in [6, 6.07) is 0. The van der Waals surface area contributed by atoms with Gasteiger partial charge in [0.2, 0.25) is 0 Å². The van der Waals surface area contributed by atoms with Crippen LogP contribution in [0.3, 0.4) is 0 Å². The summed E-state index contributed by atoms with van der Waals surface area (Å²) in [7, 11) is 0. The van der Waals surface area contributed by atoms with E-state index in [0.29, 0.717) is 5.92 Å². The standard InChI is InChI=1S/C12H17NOS/c1-2-9-4-3-5-10(6-9)12-13-7-11(8-14)15-12/h7-10H,2-6H2,1H3. The Labute approximate surface area is 94.7 Å². The Morgan fingerprint density at radius 1 is 1.60 bits per heavy atom. The van der Waals surface area contributed by atoms with Gasteiger partial charge in [0.05, 0.1) is 9.88 Å². The topological polar surface area (TPSA) is 30.0 Å². The molecule has 3 heteroatoms. The van der Waals surface area contributed by atoms with Crippen LogP contribution in [0.5, 0.6) is 0 Å². The van der Waals surface area contributed by atoms with Gasteiger partial charge in [-0.3, -0.25) is 4.79 Å². The quantitative estimate of drug-likeness (QED) is 0.732. The Morgan fingerprint density at radius 3 is 3.13 bits per heavy atom. The Kier molecular flexibility index (Phi) is 3.52. The van der Waals surface area contributed by atoms with Gasteiger partial charge in [0.1, 0.15) is 0 Å². The number of hydrogen-bond donors (Lipinski definition) is 0. The summed E-state index contributed by atoms with van der Waals surface area (Å²) in [6.45, 7) is 2.27. The molecule has 2 rings (SSSR count). The van der Waals surface area contributed by atoms with Crippen molar-refractivity contribution in [1.29, 1.82) is 0 Å². The number of rotatable bonds is 3. The molecular formula is C12H17NOS. The molecule has 1 aliphatic rings. The van der Waals surface area contributed by atoms with E-state index in [1.165, 1.54) is 37.1 Å². The van der Waals surface area contributed by atoms with Crippen LogP contribution in [-0.2, 0) is 0 Å². The summed E-state index contributed by atoms with van der Waals surface area (Å²) >= 11 is 1.57. The maximum atomic E-state index is 10.6. The third-order valence-corrected chi connectivity index (χ3v) is 4.45. The van der Waals surface area contributed by atoms with Crippen molar-refractivity contribution in [3.05, 3.63) is 16.1 Å². The van der Waals surface area contributed by atoms with Gasteiger partial charge < -0.3 is 0 Å². The molecule has 0 spiro atoms. The molecule has 1 aromatic heterocycles. The normalized spacial score (nSPS) is 26.5. The van der Waals surface area contributed by atoms with E-state index in [1.54, 1.807) is 17.5 Å². The van der Waals surface area contributed by atoms with Crippen LogP contribution in [0.1, 0.15) is 59.6 Å². The second-order valence-corrected chi connectivity index (χ2v) is 5.45. The van der Waals surface area contributed by atoms with Crippen molar-refractivity contribution < 1.29 is 4.79 Å². The van der Waals surface area contributed by atoms with E-state index >= 15 is 0 Å². The zero-order chi connectivity index (χ0) is 10.7. The van der Waals surface area contributed by atoms with Gasteiger partial charge in [0.25, 0.3) is 0 Å². The maximum Gasteiger partial charge on any atom is 0.161 e. The Balaban J connectivity index is 2.06. The number of nitrogens with zero attached hydrogens (tertiary/aromatic N) is 1. The third kappa shape index (κ3) is 2.46. The van der Waals surface area contributed by atoms with E-state index in [-0.39, 0.29) is 0 Å². The molecule has 0 radical (unpaired) electrons. The molecule has 82 valence electrons. The minimum Gasteiger partial charge on any atom is -0.297 e. The van der Waals surface area contributed by atoms with Crippen LogP contribution in [0.4, 0.5) is 0 Å². The van der Waals surface area contributed by atoms with Crippen LogP contribution in [0, 0.1) is 5.92 Å². The predicted octanol–water partition coefficient (Wildman–Crippen LogP) is 3.64. The summed E-state index contributed by atoms with van der Waals surface area (Å²) in [6.07, 6.45) is 9.11. The second-order valence-electron chi connectivity index (χ2n) is 4.36. The molecule has 1 fully saturated rings. The largest absolute Gasteiger partial charge is 0.297 e. The lowest BCUT2D eigenvalue weighted by Gasteiger charge is -2.26. The van der Waals surface area contributed by atoms with Crippen molar-refractivity contribution in [2.24, 2.45) is 5.92 Å². The Hall–Kier alpha value is -0.700. The molecule has 15 heavy (non-hydrogen) atoms. The van der Waals surface area contributed by atoms with E-state index in [4.69, 9.17) is 0 Å². The number of thiazole rings is 1. The Morgan fingerprint density at radius 2 is 2.47 bits per heavy atom. The van der Waals surface area contributed by atoms with Crippen LogP contribution >= 0.6 is 11.3 Å². The van der Waals surface area contributed by atoms with Gasteiger partial charge in [0, 0.05) is 12.1 Å². The number of carbonyl (C=O) groups is 1. The summed E-state index contributed by atoms with van der Waals surface area (Å²) in [5.74, 6) is 1.48. The molecule has 2 nitrogen and oxygen atoms in total. The van der Waals surface area contributed by atoms with Crippen molar-refractivity contribution in [3.63, 3.8) is 0 Å². The zero-order valence-electron chi connectivity index (χ0n) is 9.11. The average molecular weight is 223 g/mol. The summed E-state index contributed by atoms with van der Waals surface area (Å²) < 4.78 is 0. The van der Waals surface area contributed by atoms with E-state index in [2.05, 4.69) is 11.9 Å². The molecule has 0 saturated heterocycles. The minimum atomic E-state index is 0.613. The molecule has 1 heterocycles. The molecule has 1 aromatic rings. The van der Waals surface area contributed by atoms with Gasteiger partial charge >= 0.3 is 0 Å². The molecule has 1 aliphatic carbocycles. The van der Waals surface area contributed by atoms with Crippen molar-refractivity contribution in [1.82, 2.24) is 4.98 Å². The highest BCUT2D eigenvalue weighted by Gasteiger charge is 2.24. The predicted molar refractivity (Wildman–Crippen MR) is 62.5 cm³/mol. The van der Waals surface area contributed by atoms with Gasteiger partial charge in [-0.1, -0.05) is 26.2 Å². The Bertz CT molecular complexity index is 334. The molecule has 0 N–H and O–H groups in total. The smallest absolute Gasteiger partial charge is 0.161 e. The molecule has 2 unspecified atom stereocenters. The number of hydrogen-bond acceptors (Lipinski definition) is 3. The van der Waals surface area contributed by atoms with Crippen LogP contribution in [0.25, 0.3) is 0 Å². The lowest BCUT2D eigenvalue weighted by Crippen LogP contribution is -2.13. The van der Waals surface area contributed by atoms with Crippen molar-refractivity contribution in [2.75, 3.05) is 0 Å². The minimum absolute atomic E-state index is 0.613. The summed E-state index contributed by atoms with van der Waals surface area (Å²) in [4.78, 5) is 15.7. The first-order valence-corrected chi connectivity index (χ1v) is 6.56. The highest BCUT2D eigenvalue weighted by Crippen LogP contribution is 2.38. The first kappa shape index (κ1) is 10.8. The van der Waals surface area contributed by atoms with Gasteiger partial charge in [-0.25, -0.2) is 4.98 Å². The average Bonchev–Trinajstić information content (AvgIpc) is 2.78. The van der Waals surface area contributed by atoms with Crippen molar-refractivity contribution in [2.45, 2.75) is 44.9 Å². The fourth-order valence-corrected chi connectivity index (χ4v) is 3.31. The SMILES string of the molecule is CCC1CCCC(c2ncc(C=O)s2)C1. The van der Waals surface area contributed by atoms with Crippen LogP contribution in [0.15, 0.2) is 6.20 Å². The van der Waals surface area contributed by atoms with Crippen molar-refractivity contribution in [3.8, 4) is 0 Å². The summed E-state index contributed by atoms with van der Waals surface area (Å²) in [5.41, 5.74) is 0. The first-order valence-electron chi connectivity index (χ1n) is 5.74. The molecule has 0 amide bonds. The van der Waals surface area contributed by atoms with Gasteiger partial charge in [-0.05, 0) is 18.8 Å². The molecule has 0 bridgehead atoms. The number of aldehydes is 1. The fourth-order valence-electron chi connectivity index (χ4n) is 2.43. The van der Waals surface area contributed by atoms with E-state index in [1.807, 2.05) is 0 Å². The lowest BCUT2D eigenvalue weighted by atomic mass is 9.80. The molecule has 0 aliphatic heterocycles. The van der Waals surface area contributed by atoms with Gasteiger partial charge in [-0.15, -0.1) is 11.3 Å². The number of carbonyl (C=O) groups excluding carboxylic acids is 1. The second kappa shape index (κ2) is 4.88. The molecule has 0 aromatic carbocycles. The van der Waals surface area contributed by atoms with Gasteiger partial charge in [0.15, 0.2) is 6.29 Å². The number of aromatic nitrogens is 1. The van der Waals surface area contributed by atoms with E-state index < -0.39 is 0 Å². The zero-order valence-corrected chi connectivity index (χ0v) is 9.93. The monoisotopic (exact) mass is 223 g/mol. The summed E-state index contributed by atoms with van der Waals surface area (Å²) in [5, 5.41) is 1.18. The lowest BCUT2D eigenvalue weighted by molar-refractivity contribution is 0.112. The highest BCUT2D eigenvalue weighted by molar-refractivity contribution is 7.13. The maximum absolute atomic E-state index is 10.6. The molecule has 1 saturated carbocycles. The molecule has 2 atom stereocenters. The van der Waals surface area contributed by atoms with E-state index in [9.17, 15) is 4.79 Å².